The van der Waals surface area contributed by atoms with Crippen molar-refractivity contribution >= 4 is 5.96 Å². The van der Waals surface area contributed by atoms with Crippen LogP contribution in [0.25, 0.3) is 0 Å². The Bertz CT molecular complexity index is 724. The van der Waals surface area contributed by atoms with E-state index in [0.29, 0.717) is 24.8 Å². The maximum Gasteiger partial charge on any atom is 0.191 e. The number of benzene rings is 1. The number of aliphatic imine (C=N–C) groups is 1. The summed E-state index contributed by atoms with van der Waals surface area (Å²) in [5.74, 6) is 0.823. The molecule has 0 fully saturated rings. The zero-order valence-electron chi connectivity index (χ0n) is 15.8. The van der Waals surface area contributed by atoms with Crippen LogP contribution in [0.15, 0.2) is 52.1 Å². The van der Waals surface area contributed by atoms with Crippen LogP contribution < -0.4 is 10.6 Å². The highest BCUT2D eigenvalue weighted by Crippen LogP contribution is 2.24. The quantitative estimate of drug-likeness (QED) is 0.523. The summed E-state index contributed by atoms with van der Waals surface area (Å²) in [4.78, 5) is 4.61. The van der Waals surface area contributed by atoms with Crippen molar-refractivity contribution in [1.29, 1.82) is 0 Å². The van der Waals surface area contributed by atoms with Gasteiger partial charge in [0, 0.05) is 12.0 Å². The van der Waals surface area contributed by atoms with E-state index in [2.05, 4.69) is 15.6 Å². The second kappa shape index (κ2) is 8.36. The van der Waals surface area contributed by atoms with Crippen LogP contribution >= 0.6 is 0 Å². The normalized spacial score (nSPS) is 14.8. The van der Waals surface area contributed by atoms with Gasteiger partial charge in [-0.1, -0.05) is 26.0 Å². The summed E-state index contributed by atoms with van der Waals surface area (Å²) < 4.78 is 18.8. The molecule has 0 saturated heterocycles. The molecule has 3 N–H and O–H groups in total. The van der Waals surface area contributed by atoms with Crippen LogP contribution in [0.5, 0.6) is 0 Å². The fourth-order valence-corrected chi connectivity index (χ4v) is 2.55. The Morgan fingerprint density at radius 3 is 2.58 bits per heavy atom. The Kier molecular flexibility index (Phi) is 6.42. The third kappa shape index (κ3) is 5.33. The van der Waals surface area contributed by atoms with Gasteiger partial charge in [-0.25, -0.2) is 4.39 Å². The summed E-state index contributed by atoms with van der Waals surface area (Å²) in [7, 11) is 0. The average Bonchev–Trinajstić information content (AvgIpc) is 3.13. The van der Waals surface area contributed by atoms with E-state index in [9.17, 15) is 9.50 Å². The van der Waals surface area contributed by atoms with Crippen molar-refractivity contribution in [2.75, 3.05) is 19.6 Å². The zero-order valence-corrected chi connectivity index (χ0v) is 15.8. The topological polar surface area (TPSA) is 69.8 Å². The van der Waals surface area contributed by atoms with Gasteiger partial charge in [-0.15, -0.1) is 0 Å². The fraction of sp³-hybridized carbons (Fsp3) is 0.450. The van der Waals surface area contributed by atoms with Gasteiger partial charge in [0.25, 0.3) is 0 Å². The molecule has 0 aliphatic carbocycles. The number of rotatable bonds is 7. The lowest BCUT2D eigenvalue weighted by molar-refractivity contribution is 0.0386. The first kappa shape index (κ1) is 20.0. The van der Waals surface area contributed by atoms with Gasteiger partial charge in [0.2, 0.25) is 0 Å². The molecule has 26 heavy (non-hydrogen) atoms. The average molecular weight is 361 g/mol. The minimum absolute atomic E-state index is 0.243. The molecule has 0 bridgehead atoms. The van der Waals surface area contributed by atoms with E-state index in [1.54, 1.807) is 25.1 Å². The summed E-state index contributed by atoms with van der Waals surface area (Å²) in [5, 5.41) is 16.8. The molecule has 1 heterocycles. The van der Waals surface area contributed by atoms with E-state index in [1.165, 1.54) is 18.4 Å². The Morgan fingerprint density at radius 1 is 1.19 bits per heavy atom. The highest BCUT2D eigenvalue weighted by Gasteiger charge is 2.27. The van der Waals surface area contributed by atoms with Crippen LogP contribution in [0.1, 0.15) is 39.0 Å². The molecule has 6 heteroatoms. The number of hydrogen-bond acceptors (Lipinski definition) is 3. The summed E-state index contributed by atoms with van der Waals surface area (Å²) in [6.45, 7) is 9.09. The minimum Gasteiger partial charge on any atom is -0.466 e. The van der Waals surface area contributed by atoms with E-state index in [0.717, 1.165) is 5.56 Å². The molecular weight excluding hydrogens is 333 g/mol. The third-order valence-electron chi connectivity index (χ3n) is 4.23. The number of furan rings is 1. The van der Waals surface area contributed by atoms with Gasteiger partial charge in [0.05, 0.1) is 19.4 Å². The van der Waals surface area contributed by atoms with Crippen molar-refractivity contribution in [2.24, 2.45) is 4.99 Å². The highest BCUT2D eigenvalue weighted by atomic mass is 19.1. The van der Waals surface area contributed by atoms with Crippen LogP contribution in [0.2, 0.25) is 0 Å². The Hall–Kier alpha value is -2.34. The van der Waals surface area contributed by atoms with Crippen molar-refractivity contribution in [2.45, 2.75) is 38.7 Å². The predicted octanol–water partition coefficient (Wildman–Crippen LogP) is 3.16. The van der Waals surface area contributed by atoms with Crippen molar-refractivity contribution in [3.8, 4) is 0 Å². The lowest BCUT2D eigenvalue weighted by Crippen LogP contribution is -2.45. The number of hydrogen-bond donors (Lipinski definition) is 3. The van der Waals surface area contributed by atoms with Gasteiger partial charge in [0.1, 0.15) is 17.2 Å². The minimum atomic E-state index is -1.15. The van der Waals surface area contributed by atoms with Gasteiger partial charge in [0.15, 0.2) is 5.96 Å². The fourth-order valence-electron chi connectivity index (χ4n) is 2.55. The molecule has 0 aliphatic rings. The zero-order chi connectivity index (χ0) is 19.2. The van der Waals surface area contributed by atoms with E-state index in [-0.39, 0.29) is 17.8 Å². The van der Waals surface area contributed by atoms with Crippen LogP contribution in [-0.2, 0) is 11.0 Å². The molecule has 0 spiro atoms. The molecule has 0 amide bonds. The Balaban J connectivity index is 2.06. The largest absolute Gasteiger partial charge is 0.466 e. The monoisotopic (exact) mass is 361 g/mol. The van der Waals surface area contributed by atoms with E-state index in [1.807, 2.05) is 26.8 Å². The molecule has 0 radical (unpaired) electrons. The first-order valence-corrected chi connectivity index (χ1v) is 8.79. The molecule has 1 unspecified atom stereocenters. The summed E-state index contributed by atoms with van der Waals surface area (Å²) in [6.07, 6.45) is 1.53. The molecule has 2 aromatic rings. The molecule has 1 aromatic heterocycles. The molecule has 5 nitrogen and oxygen atoms in total. The molecule has 1 atom stereocenters. The highest BCUT2D eigenvalue weighted by molar-refractivity contribution is 5.79. The van der Waals surface area contributed by atoms with Gasteiger partial charge < -0.3 is 20.2 Å². The number of aliphatic hydroxyl groups is 1. The molecular formula is C20H28FN3O2. The molecule has 1 aromatic carbocycles. The van der Waals surface area contributed by atoms with Crippen molar-refractivity contribution in [3.05, 3.63) is 59.8 Å². The van der Waals surface area contributed by atoms with E-state index in [4.69, 9.17) is 4.42 Å². The van der Waals surface area contributed by atoms with E-state index >= 15 is 0 Å². The number of nitrogens with one attached hydrogen (secondary N) is 2. The predicted molar refractivity (Wildman–Crippen MR) is 102 cm³/mol. The maximum absolute atomic E-state index is 13.5. The molecule has 0 aliphatic heterocycles. The number of guanidine groups is 1. The van der Waals surface area contributed by atoms with Gasteiger partial charge in [-0.3, -0.25) is 4.99 Å². The first-order chi connectivity index (χ1) is 12.2. The third-order valence-corrected chi connectivity index (χ3v) is 4.23. The van der Waals surface area contributed by atoms with Gasteiger partial charge in [-0.2, -0.15) is 0 Å². The molecule has 2 rings (SSSR count). The molecule has 0 saturated carbocycles. The Morgan fingerprint density at radius 2 is 1.96 bits per heavy atom. The van der Waals surface area contributed by atoms with Crippen LogP contribution in [0.3, 0.4) is 0 Å². The molecule has 142 valence electrons. The Labute approximate surface area is 154 Å². The first-order valence-electron chi connectivity index (χ1n) is 8.79. The van der Waals surface area contributed by atoms with Crippen molar-refractivity contribution in [1.82, 2.24) is 10.6 Å². The summed E-state index contributed by atoms with van der Waals surface area (Å²) in [6, 6.07) is 10.1. The van der Waals surface area contributed by atoms with Crippen LogP contribution in [0, 0.1) is 5.82 Å². The van der Waals surface area contributed by atoms with Crippen molar-refractivity contribution in [3.63, 3.8) is 0 Å². The van der Waals surface area contributed by atoms with E-state index < -0.39 is 5.60 Å². The van der Waals surface area contributed by atoms with Gasteiger partial charge >= 0.3 is 0 Å². The van der Waals surface area contributed by atoms with Crippen LogP contribution in [0.4, 0.5) is 4.39 Å². The van der Waals surface area contributed by atoms with Crippen LogP contribution in [-0.4, -0.2) is 30.7 Å². The van der Waals surface area contributed by atoms with Gasteiger partial charge in [-0.05, 0) is 43.7 Å². The summed E-state index contributed by atoms with van der Waals surface area (Å²) in [5.41, 5.74) is -0.592. The summed E-state index contributed by atoms with van der Waals surface area (Å²) >= 11 is 0. The lowest BCUT2D eigenvalue weighted by Gasteiger charge is -2.25. The number of nitrogens with zero attached hydrogens (tertiary/aromatic N) is 1. The second-order valence-electron chi connectivity index (χ2n) is 7.19. The lowest BCUT2D eigenvalue weighted by atomic mass is 9.85. The smallest absolute Gasteiger partial charge is 0.191 e. The number of halogens is 1. The SMILES string of the molecule is CCNC(=NCC(C)(C)c1cccc(F)c1)NCC(C)(O)c1ccco1. The van der Waals surface area contributed by atoms with Crippen molar-refractivity contribution < 1.29 is 13.9 Å². The maximum atomic E-state index is 13.5. The second-order valence-corrected chi connectivity index (χ2v) is 7.19. The standard InChI is InChI=1S/C20H28FN3O2/c1-5-22-18(24-14-20(4,25)17-10-7-11-26-17)23-13-19(2,3)15-8-6-9-16(21)12-15/h6-12,25H,5,13-14H2,1-4H3,(H2,22,23,24).